The molecule has 2 heteroatoms. The fourth-order valence-corrected chi connectivity index (χ4v) is 8.49. The molecule has 0 aliphatic heterocycles. The van der Waals surface area contributed by atoms with Crippen LogP contribution < -0.4 is 0 Å². The summed E-state index contributed by atoms with van der Waals surface area (Å²) in [5.74, 6) is 0. The number of fused-ring (bicyclic) bond motifs is 7. The van der Waals surface area contributed by atoms with Gasteiger partial charge in [-0.25, -0.2) is 4.98 Å². The van der Waals surface area contributed by atoms with Crippen molar-refractivity contribution in [2.24, 2.45) is 0 Å². The predicted octanol–water partition coefficient (Wildman–Crippen LogP) is 13.1. The smallest absolute Gasteiger partial charge is 0.125 e. The predicted molar refractivity (Wildman–Crippen MR) is 203 cm³/mol. The van der Waals surface area contributed by atoms with Gasteiger partial charge in [0, 0.05) is 21.0 Å². The van der Waals surface area contributed by atoms with Crippen molar-refractivity contribution in [3.8, 4) is 33.5 Å². The van der Waals surface area contributed by atoms with Gasteiger partial charge in [0.15, 0.2) is 0 Å². The summed E-state index contributed by atoms with van der Waals surface area (Å²) in [5.41, 5.74) is 7.10. The molecule has 0 spiro atoms. The van der Waals surface area contributed by atoms with Crippen molar-refractivity contribution in [1.82, 2.24) is 4.98 Å². The first-order valence-electron chi connectivity index (χ1n) is 16.0. The second kappa shape index (κ2) is 10.3. The van der Waals surface area contributed by atoms with Gasteiger partial charge in [0.05, 0.1) is 5.69 Å². The van der Waals surface area contributed by atoms with E-state index in [1.165, 1.54) is 80.8 Å². The molecular formula is C45H27NS. The van der Waals surface area contributed by atoms with Gasteiger partial charge in [-0.1, -0.05) is 127 Å². The summed E-state index contributed by atoms with van der Waals surface area (Å²) in [4.78, 5) is 6.31. The van der Waals surface area contributed by atoms with E-state index in [0.29, 0.717) is 0 Å². The Balaban J connectivity index is 1.29. The lowest BCUT2D eigenvalue weighted by Gasteiger charge is -2.19. The minimum absolute atomic E-state index is 0.996. The zero-order valence-corrected chi connectivity index (χ0v) is 26.3. The monoisotopic (exact) mass is 613 g/mol. The van der Waals surface area contributed by atoms with Crippen LogP contribution in [0.5, 0.6) is 0 Å². The standard InChI is InChI=1S/C45H27NS/c1-3-11-30-25-33(19-17-28(30)9-1)43-36-14-5-6-15-37(36)44(34-20-18-29-10-2-4-12-31(29)26-34)40-27-32(21-22-38(40)43)41-24-23-39-35-13-7-8-16-42(35)47-45(39)46-41/h1-27H. The van der Waals surface area contributed by atoms with Gasteiger partial charge < -0.3 is 0 Å². The third-order valence-corrected chi connectivity index (χ3v) is 10.7. The third kappa shape index (κ3) is 4.19. The minimum Gasteiger partial charge on any atom is -0.237 e. The molecule has 0 unspecified atom stereocenters. The van der Waals surface area contributed by atoms with Crippen molar-refractivity contribution in [1.29, 1.82) is 0 Å². The lowest BCUT2D eigenvalue weighted by Crippen LogP contribution is -1.92. The molecule has 10 aromatic rings. The molecule has 2 heterocycles. The Labute approximate surface area is 276 Å². The van der Waals surface area contributed by atoms with Crippen LogP contribution in [0, 0.1) is 0 Å². The molecule has 218 valence electrons. The van der Waals surface area contributed by atoms with Crippen LogP contribution in [0.15, 0.2) is 164 Å². The molecule has 0 saturated carbocycles. The van der Waals surface area contributed by atoms with Gasteiger partial charge in [0.1, 0.15) is 4.83 Å². The zero-order valence-electron chi connectivity index (χ0n) is 25.4. The second-order valence-electron chi connectivity index (χ2n) is 12.3. The number of nitrogens with zero attached hydrogens (tertiary/aromatic N) is 1. The van der Waals surface area contributed by atoms with E-state index >= 15 is 0 Å². The molecule has 1 nitrogen and oxygen atoms in total. The first kappa shape index (κ1) is 26.4. The van der Waals surface area contributed by atoms with Gasteiger partial charge in [-0.2, -0.15) is 0 Å². The summed E-state index contributed by atoms with van der Waals surface area (Å²) in [6.45, 7) is 0. The Kier molecular flexibility index (Phi) is 5.81. The molecule has 0 amide bonds. The molecule has 0 aliphatic rings. The van der Waals surface area contributed by atoms with Crippen LogP contribution in [0.4, 0.5) is 0 Å². The van der Waals surface area contributed by atoms with Crippen LogP contribution in [-0.2, 0) is 0 Å². The molecule has 2 aromatic heterocycles. The zero-order chi connectivity index (χ0) is 30.9. The molecule has 0 atom stereocenters. The van der Waals surface area contributed by atoms with Crippen molar-refractivity contribution in [2.75, 3.05) is 0 Å². The van der Waals surface area contributed by atoms with Crippen molar-refractivity contribution < 1.29 is 0 Å². The quantitative estimate of drug-likeness (QED) is 0.181. The normalized spacial score (nSPS) is 11.8. The van der Waals surface area contributed by atoms with Gasteiger partial charge >= 0.3 is 0 Å². The molecule has 0 bridgehead atoms. The fourth-order valence-electron chi connectivity index (χ4n) is 7.42. The summed E-state index contributed by atoms with van der Waals surface area (Å²) >= 11 is 1.77. The second-order valence-corrected chi connectivity index (χ2v) is 13.4. The molecule has 0 radical (unpaired) electrons. The maximum absolute atomic E-state index is 5.23. The lowest BCUT2D eigenvalue weighted by molar-refractivity contribution is 1.43. The van der Waals surface area contributed by atoms with E-state index in [2.05, 4.69) is 164 Å². The van der Waals surface area contributed by atoms with E-state index < -0.39 is 0 Å². The van der Waals surface area contributed by atoms with Crippen molar-refractivity contribution in [3.63, 3.8) is 0 Å². The maximum atomic E-state index is 5.23. The van der Waals surface area contributed by atoms with Gasteiger partial charge in [-0.3, -0.25) is 0 Å². The Bertz CT molecular complexity index is 2860. The summed E-state index contributed by atoms with van der Waals surface area (Å²) in [6, 6.07) is 59.9. The number of hydrogen-bond donors (Lipinski definition) is 0. The fraction of sp³-hybridized carbons (Fsp3) is 0. The van der Waals surface area contributed by atoms with Crippen LogP contribution >= 0.6 is 11.3 Å². The number of thiophene rings is 1. The van der Waals surface area contributed by atoms with Crippen molar-refractivity contribution >= 4 is 74.7 Å². The molecule has 0 saturated heterocycles. The maximum Gasteiger partial charge on any atom is 0.125 e. The summed E-state index contributed by atoms with van der Waals surface area (Å²) in [7, 11) is 0. The SMILES string of the molecule is c1ccc2cc(-c3c4ccccc4c(-c4ccc5ccccc5c4)c4cc(-c5ccc6c(n5)sc5ccccc56)ccc34)ccc2c1. The number of aromatic nitrogens is 1. The highest BCUT2D eigenvalue weighted by Crippen LogP contribution is 2.46. The van der Waals surface area contributed by atoms with Crippen LogP contribution in [0.2, 0.25) is 0 Å². The third-order valence-electron chi connectivity index (χ3n) is 9.64. The summed E-state index contributed by atoms with van der Waals surface area (Å²) in [5, 5.41) is 12.5. The van der Waals surface area contributed by atoms with E-state index in [0.717, 1.165) is 16.1 Å². The molecule has 8 aromatic carbocycles. The van der Waals surface area contributed by atoms with Crippen LogP contribution in [-0.4, -0.2) is 4.98 Å². The summed E-state index contributed by atoms with van der Waals surface area (Å²) in [6.07, 6.45) is 0. The molecule has 0 N–H and O–H groups in total. The lowest BCUT2D eigenvalue weighted by atomic mass is 9.84. The van der Waals surface area contributed by atoms with E-state index in [1.54, 1.807) is 11.3 Å². The Hall–Kier alpha value is -5.83. The first-order chi connectivity index (χ1) is 23.3. The van der Waals surface area contributed by atoms with Gasteiger partial charge in [0.2, 0.25) is 0 Å². The highest BCUT2D eigenvalue weighted by molar-refractivity contribution is 7.25. The Morgan fingerprint density at radius 1 is 0.340 bits per heavy atom. The van der Waals surface area contributed by atoms with Gasteiger partial charge in [-0.15, -0.1) is 11.3 Å². The van der Waals surface area contributed by atoms with Gasteiger partial charge in [0.25, 0.3) is 0 Å². The van der Waals surface area contributed by atoms with Crippen molar-refractivity contribution in [2.45, 2.75) is 0 Å². The molecule has 47 heavy (non-hydrogen) atoms. The highest BCUT2D eigenvalue weighted by atomic mass is 32.1. The average molecular weight is 614 g/mol. The van der Waals surface area contributed by atoms with E-state index in [4.69, 9.17) is 4.98 Å². The Morgan fingerprint density at radius 2 is 0.851 bits per heavy atom. The molecule has 0 fully saturated rings. The highest BCUT2D eigenvalue weighted by Gasteiger charge is 2.19. The largest absolute Gasteiger partial charge is 0.237 e. The number of rotatable bonds is 3. The molecular weight excluding hydrogens is 587 g/mol. The van der Waals surface area contributed by atoms with E-state index in [1.807, 2.05) is 0 Å². The Morgan fingerprint density at radius 3 is 1.53 bits per heavy atom. The van der Waals surface area contributed by atoms with E-state index in [-0.39, 0.29) is 0 Å². The number of pyridine rings is 1. The number of hydrogen-bond acceptors (Lipinski definition) is 2. The topological polar surface area (TPSA) is 12.9 Å². The average Bonchev–Trinajstić information content (AvgIpc) is 3.51. The first-order valence-corrected chi connectivity index (χ1v) is 16.9. The molecule has 0 aliphatic carbocycles. The van der Waals surface area contributed by atoms with Crippen molar-refractivity contribution in [3.05, 3.63) is 164 Å². The number of benzene rings is 8. The van der Waals surface area contributed by atoms with E-state index in [9.17, 15) is 0 Å². The minimum atomic E-state index is 0.996. The molecule has 10 rings (SSSR count). The van der Waals surface area contributed by atoms with Gasteiger partial charge in [-0.05, 0) is 102 Å². The van der Waals surface area contributed by atoms with Crippen LogP contribution in [0.1, 0.15) is 0 Å². The van der Waals surface area contributed by atoms with Crippen LogP contribution in [0.3, 0.4) is 0 Å². The van der Waals surface area contributed by atoms with Crippen LogP contribution in [0.25, 0.3) is 96.9 Å². The summed E-state index contributed by atoms with van der Waals surface area (Å²) < 4.78 is 1.27.